The maximum Gasteiger partial charge on any atom is 0.0499 e. The smallest absolute Gasteiger partial charge is 0.0499 e. The number of hydrogen-bond acceptors (Lipinski definition) is 2. The van der Waals surface area contributed by atoms with Crippen molar-refractivity contribution in [2.75, 3.05) is 26.2 Å². The summed E-state index contributed by atoms with van der Waals surface area (Å²) in [5.41, 5.74) is 4.10. The molecule has 0 unspecified atom stereocenters. The van der Waals surface area contributed by atoms with Gasteiger partial charge in [0.1, 0.15) is 0 Å². The molecule has 1 atom stereocenters. The van der Waals surface area contributed by atoms with Crippen LogP contribution in [0, 0.1) is 0 Å². The topological polar surface area (TPSA) is 31.1 Å². The minimum atomic E-state index is 0.707. The van der Waals surface area contributed by atoms with Crippen LogP contribution in [0.2, 0.25) is 0 Å². The van der Waals surface area contributed by atoms with Crippen molar-refractivity contribution >= 4 is 10.9 Å². The van der Waals surface area contributed by atoms with Crippen LogP contribution in [0.15, 0.2) is 60.8 Å². The van der Waals surface area contributed by atoms with E-state index >= 15 is 0 Å². The first-order valence-corrected chi connectivity index (χ1v) is 8.93. The average Bonchev–Trinajstić information content (AvgIpc) is 3.29. The number of rotatable bonds is 6. The Hall–Kier alpha value is -2.10. The molecule has 4 rings (SSSR count). The summed E-state index contributed by atoms with van der Waals surface area (Å²) in [4.78, 5) is 5.93. The molecule has 1 aliphatic heterocycles. The van der Waals surface area contributed by atoms with Crippen LogP contribution >= 0.6 is 0 Å². The number of benzene rings is 2. The monoisotopic (exact) mass is 319 g/mol. The molecule has 2 N–H and O–H groups in total. The molecule has 0 amide bonds. The van der Waals surface area contributed by atoms with Crippen molar-refractivity contribution in [1.29, 1.82) is 0 Å². The van der Waals surface area contributed by atoms with Crippen molar-refractivity contribution in [3.8, 4) is 0 Å². The molecule has 0 spiro atoms. The van der Waals surface area contributed by atoms with E-state index in [4.69, 9.17) is 0 Å². The highest BCUT2D eigenvalue weighted by Crippen LogP contribution is 2.26. The van der Waals surface area contributed by atoms with Gasteiger partial charge >= 0.3 is 0 Å². The first-order valence-electron chi connectivity index (χ1n) is 8.93. The summed E-state index contributed by atoms with van der Waals surface area (Å²) >= 11 is 0. The fraction of sp³-hybridized carbons (Fsp3) is 0.333. The van der Waals surface area contributed by atoms with Crippen molar-refractivity contribution in [3.63, 3.8) is 0 Å². The van der Waals surface area contributed by atoms with Crippen molar-refractivity contribution in [1.82, 2.24) is 15.2 Å². The van der Waals surface area contributed by atoms with Crippen LogP contribution in [-0.2, 0) is 6.54 Å². The molecule has 1 fully saturated rings. The van der Waals surface area contributed by atoms with Gasteiger partial charge in [-0.25, -0.2) is 0 Å². The Labute approximate surface area is 143 Å². The lowest BCUT2D eigenvalue weighted by Crippen LogP contribution is -2.30. The molecular formula is C21H25N3. The Morgan fingerprint density at radius 3 is 2.88 bits per heavy atom. The van der Waals surface area contributed by atoms with Gasteiger partial charge in [0, 0.05) is 37.9 Å². The lowest BCUT2D eigenvalue weighted by atomic mass is 9.99. The molecule has 2 heterocycles. The van der Waals surface area contributed by atoms with E-state index in [0.29, 0.717) is 5.92 Å². The highest BCUT2D eigenvalue weighted by Gasteiger charge is 2.22. The third-order valence-corrected chi connectivity index (χ3v) is 5.14. The molecule has 3 nitrogen and oxygen atoms in total. The molecule has 0 aliphatic carbocycles. The Kier molecular flexibility index (Phi) is 4.63. The van der Waals surface area contributed by atoms with E-state index in [1.807, 2.05) is 6.20 Å². The second-order valence-electron chi connectivity index (χ2n) is 6.73. The summed E-state index contributed by atoms with van der Waals surface area (Å²) in [6.07, 6.45) is 3.30. The first-order chi connectivity index (χ1) is 11.9. The zero-order valence-corrected chi connectivity index (χ0v) is 14.0. The van der Waals surface area contributed by atoms with Gasteiger partial charge in [0.05, 0.1) is 0 Å². The molecule has 2 aromatic carbocycles. The lowest BCUT2D eigenvalue weighted by molar-refractivity contribution is 0.331. The highest BCUT2D eigenvalue weighted by molar-refractivity contribution is 5.82. The van der Waals surface area contributed by atoms with Gasteiger partial charge in [-0.15, -0.1) is 0 Å². The number of hydrogen-bond donors (Lipinski definition) is 2. The number of H-pyrrole nitrogens is 1. The molecule has 124 valence electrons. The van der Waals surface area contributed by atoms with Gasteiger partial charge < -0.3 is 15.2 Å². The number of aromatic amines is 1. The van der Waals surface area contributed by atoms with Crippen LogP contribution in [0.5, 0.6) is 0 Å². The second-order valence-corrected chi connectivity index (χ2v) is 6.73. The fourth-order valence-corrected chi connectivity index (χ4v) is 3.79. The quantitative estimate of drug-likeness (QED) is 0.678. The van der Waals surface area contributed by atoms with Gasteiger partial charge in [0.2, 0.25) is 0 Å². The van der Waals surface area contributed by atoms with Crippen LogP contribution in [-0.4, -0.2) is 36.1 Å². The molecule has 0 bridgehead atoms. The van der Waals surface area contributed by atoms with E-state index in [-0.39, 0.29) is 0 Å². The number of nitrogens with one attached hydrogen (secondary N) is 2. The Morgan fingerprint density at radius 2 is 1.96 bits per heavy atom. The standard InChI is InChI=1S/C21H25N3/c1-2-5-17(6-3-1)20-10-13-24(16-20)14-12-22-15-19-8-4-7-18-9-11-23-21(18)19/h1-9,11,20,22-23H,10,12-16H2/t20-/m0/s1. The van der Waals surface area contributed by atoms with Crippen molar-refractivity contribution in [2.24, 2.45) is 0 Å². The van der Waals surface area contributed by atoms with E-state index in [9.17, 15) is 0 Å². The summed E-state index contributed by atoms with van der Waals surface area (Å²) in [5, 5.41) is 4.89. The molecular weight excluding hydrogens is 294 g/mol. The third-order valence-electron chi connectivity index (χ3n) is 5.14. The van der Waals surface area contributed by atoms with E-state index in [2.05, 4.69) is 69.8 Å². The van der Waals surface area contributed by atoms with E-state index in [1.165, 1.54) is 41.5 Å². The number of likely N-dealkylation sites (tertiary alicyclic amines) is 1. The zero-order chi connectivity index (χ0) is 16.2. The number of aromatic nitrogens is 1. The van der Waals surface area contributed by atoms with Crippen LogP contribution in [0.25, 0.3) is 10.9 Å². The van der Waals surface area contributed by atoms with E-state index in [1.54, 1.807) is 0 Å². The molecule has 0 saturated carbocycles. The van der Waals surface area contributed by atoms with Gasteiger partial charge in [-0.05, 0) is 41.5 Å². The molecule has 3 aromatic rings. The summed E-state index contributed by atoms with van der Waals surface area (Å²) < 4.78 is 0. The van der Waals surface area contributed by atoms with Crippen LogP contribution in [0.4, 0.5) is 0 Å². The number of para-hydroxylation sites is 1. The Morgan fingerprint density at radius 1 is 1.04 bits per heavy atom. The fourth-order valence-electron chi connectivity index (χ4n) is 3.79. The van der Waals surface area contributed by atoms with E-state index in [0.717, 1.165) is 19.6 Å². The highest BCUT2D eigenvalue weighted by atomic mass is 15.2. The largest absolute Gasteiger partial charge is 0.361 e. The summed E-state index contributed by atoms with van der Waals surface area (Å²) in [6, 6.07) is 19.6. The van der Waals surface area contributed by atoms with E-state index < -0.39 is 0 Å². The number of fused-ring (bicyclic) bond motifs is 1. The second kappa shape index (κ2) is 7.20. The maximum atomic E-state index is 3.60. The maximum absolute atomic E-state index is 3.60. The molecule has 3 heteroatoms. The van der Waals surface area contributed by atoms with Gasteiger partial charge in [-0.1, -0.05) is 48.5 Å². The summed E-state index contributed by atoms with van der Waals surface area (Å²) in [6.45, 7) is 5.50. The SMILES string of the molecule is c1ccc([C@H]2CCN(CCNCc3cccc4cc[nH]c34)C2)cc1. The molecule has 24 heavy (non-hydrogen) atoms. The average molecular weight is 319 g/mol. The van der Waals surface area contributed by atoms with Gasteiger partial charge in [-0.3, -0.25) is 0 Å². The van der Waals surface area contributed by atoms with Gasteiger partial charge in [0.15, 0.2) is 0 Å². The summed E-state index contributed by atoms with van der Waals surface area (Å²) in [7, 11) is 0. The molecule has 1 saturated heterocycles. The molecule has 1 aliphatic rings. The summed E-state index contributed by atoms with van der Waals surface area (Å²) in [5.74, 6) is 0.707. The van der Waals surface area contributed by atoms with Crippen LogP contribution < -0.4 is 5.32 Å². The van der Waals surface area contributed by atoms with Gasteiger partial charge in [-0.2, -0.15) is 0 Å². The third kappa shape index (κ3) is 3.37. The predicted molar refractivity (Wildman–Crippen MR) is 100 cm³/mol. The Bertz CT molecular complexity index is 778. The minimum Gasteiger partial charge on any atom is -0.361 e. The van der Waals surface area contributed by atoms with Crippen molar-refractivity contribution < 1.29 is 0 Å². The van der Waals surface area contributed by atoms with Crippen molar-refractivity contribution in [2.45, 2.75) is 18.9 Å². The molecule has 1 aromatic heterocycles. The minimum absolute atomic E-state index is 0.707. The van der Waals surface area contributed by atoms with Gasteiger partial charge in [0.25, 0.3) is 0 Å². The van der Waals surface area contributed by atoms with Crippen LogP contribution in [0.1, 0.15) is 23.5 Å². The number of nitrogens with zero attached hydrogens (tertiary/aromatic N) is 1. The first kappa shape index (κ1) is 15.4. The zero-order valence-electron chi connectivity index (χ0n) is 14.0. The lowest BCUT2D eigenvalue weighted by Gasteiger charge is -2.16. The normalized spacial score (nSPS) is 18.4. The van der Waals surface area contributed by atoms with Crippen molar-refractivity contribution in [3.05, 3.63) is 71.9 Å². The molecule has 0 radical (unpaired) electrons. The Balaban J connectivity index is 1.24. The van der Waals surface area contributed by atoms with Crippen LogP contribution in [0.3, 0.4) is 0 Å². The predicted octanol–water partition coefficient (Wildman–Crippen LogP) is 3.75.